The van der Waals surface area contributed by atoms with Crippen LogP contribution in [0, 0.1) is 18.8 Å². The molecule has 2 aromatic rings. The molecule has 0 unspecified atom stereocenters. The molecule has 2 rings (SSSR count). The molecule has 1 atom stereocenters. The van der Waals surface area contributed by atoms with Crippen molar-refractivity contribution >= 4 is 23.3 Å². The van der Waals surface area contributed by atoms with Gasteiger partial charge in [-0.3, -0.25) is 9.59 Å². The van der Waals surface area contributed by atoms with Gasteiger partial charge in [0.1, 0.15) is 5.82 Å². The minimum Gasteiger partial charge on any atom is -0.481 e. The highest BCUT2D eigenvalue weighted by Gasteiger charge is 2.19. The summed E-state index contributed by atoms with van der Waals surface area (Å²) in [4.78, 5) is 34.7. The van der Waals surface area contributed by atoms with Gasteiger partial charge in [-0.25, -0.2) is 9.97 Å². The molecule has 0 bridgehead atoms. The first kappa shape index (κ1) is 25.3. The van der Waals surface area contributed by atoms with E-state index in [4.69, 9.17) is 0 Å². The summed E-state index contributed by atoms with van der Waals surface area (Å²) < 4.78 is 0. The first-order chi connectivity index (χ1) is 15.0. The Morgan fingerprint density at radius 2 is 1.62 bits per heavy atom. The van der Waals surface area contributed by atoms with Gasteiger partial charge in [-0.15, -0.1) is 0 Å². The van der Waals surface area contributed by atoms with Gasteiger partial charge in [0.05, 0.1) is 24.2 Å². The first-order valence-electron chi connectivity index (χ1n) is 11.2. The lowest BCUT2D eigenvalue weighted by Gasteiger charge is -2.31. The molecule has 1 aromatic heterocycles. The second-order valence-corrected chi connectivity index (χ2v) is 9.33. The molecule has 1 heterocycles. The molecule has 7 heteroatoms. The van der Waals surface area contributed by atoms with Crippen molar-refractivity contribution in [2.45, 2.75) is 60.3 Å². The molecule has 0 saturated carbocycles. The molecule has 32 heavy (non-hydrogen) atoms. The molecule has 2 N–H and O–H groups in total. The first-order valence-corrected chi connectivity index (χ1v) is 11.2. The van der Waals surface area contributed by atoms with Crippen molar-refractivity contribution in [2.24, 2.45) is 11.8 Å². The van der Waals surface area contributed by atoms with E-state index in [2.05, 4.69) is 47.9 Å². The molecule has 0 saturated heterocycles. The van der Waals surface area contributed by atoms with Crippen LogP contribution >= 0.6 is 0 Å². The maximum Gasteiger partial charge on any atom is 0.303 e. The Bertz CT molecular complexity index is 900. The number of rotatable bonds is 11. The molecule has 174 valence electrons. The molecule has 0 aliphatic rings. The smallest absolute Gasteiger partial charge is 0.303 e. The van der Waals surface area contributed by atoms with Gasteiger partial charge in [-0.1, -0.05) is 40.7 Å². The molecule has 0 fully saturated rings. The normalized spacial score (nSPS) is 12.1. The third-order valence-corrected chi connectivity index (χ3v) is 5.06. The number of carboxylic acids is 1. The van der Waals surface area contributed by atoms with Crippen molar-refractivity contribution in [3.05, 3.63) is 47.5 Å². The SMILES string of the molecule is Cc1ncc(CC(=O)Nc2cc([C@H](C)CC(=O)O)ccc2N(CC(C)C)CC(C)C)cn1. The Balaban J connectivity index is 2.37. The highest BCUT2D eigenvalue weighted by Crippen LogP contribution is 2.32. The average molecular weight is 441 g/mol. The number of aromatic nitrogens is 2. The number of benzene rings is 1. The number of carbonyl (C=O) groups excluding carboxylic acids is 1. The van der Waals surface area contributed by atoms with Crippen molar-refractivity contribution in [2.75, 3.05) is 23.3 Å². The van der Waals surface area contributed by atoms with Gasteiger partial charge in [0, 0.05) is 25.5 Å². The van der Waals surface area contributed by atoms with Crippen molar-refractivity contribution < 1.29 is 14.7 Å². The minimum atomic E-state index is -0.840. The average Bonchev–Trinajstić information content (AvgIpc) is 2.68. The fourth-order valence-electron chi connectivity index (χ4n) is 3.66. The van der Waals surface area contributed by atoms with Crippen LogP contribution in [0.5, 0.6) is 0 Å². The maximum absolute atomic E-state index is 12.9. The second kappa shape index (κ2) is 11.6. The van der Waals surface area contributed by atoms with Gasteiger partial charge in [-0.2, -0.15) is 0 Å². The van der Waals surface area contributed by atoms with E-state index in [1.54, 1.807) is 19.3 Å². The lowest BCUT2D eigenvalue weighted by atomic mass is 9.96. The van der Waals surface area contributed by atoms with Gasteiger partial charge >= 0.3 is 5.97 Å². The van der Waals surface area contributed by atoms with Crippen molar-refractivity contribution in [1.29, 1.82) is 0 Å². The van der Waals surface area contributed by atoms with E-state index in [1.165, 1.54) is 0 Å². The maximum atomic E-state index is 12.9. The Labute approximate surface area is 191 Å². The van der Waals surface area contributed by atoms with Crippen LogP contribution in [0.15, 0.2) is 30.6 Å². The van der Waals surface area contributed by atoms with Crippen LogP contribution in [0.3, 0.4) is 0 Å². The van der Waals surface area contributed by atoms with Crippen molar-refractivity contribution in [3.63, 3.8) is 0 Å². The van der Waals surface area contributed by atoms with Crippen molar-refractivity contribution in [3.8, 4) is 0 Å². The Hall–Kier alpha value is -2.96. The van der Waals surface area contributed by atoms with Crippen LogP contribution in [-0.4, -0.2) is 40.0 Å². The predicted octanol–water partition coefficient (Wildman–Crippen LogP) is 4.66. The number of nitrogens with one attached hydrogen (secondary N) is 1. The van der Waals surface area contributed by atoms with Crippen LogP contribution in [0.25, 0.3) is 0 Å². The lowest BCUT2D eigenvalue weighted by molar-refractivity contribution is -0.137. The molecule has 7 nitrogen and oxygen atoms in total. The fraction of sp³-hybridized carbons (Fsp3) is 0.520. The van der Waals surface area contributed by atoms with Gasteiger partial charge < -0.3 is 15.3 Å². The summed E-state index contributed by atoms with van der Waals surface area (Å²) in [6, 6.07) is 5.89. The molecular weight excluding hydrogens is 404 g/mol. The van der Waals surface area contributed by atoms with Gasteiger partial charge in [0.25, 0.3) is 0 Å². The van der Waals surface area contributed by atoms with E-state index in [0.29, 0.717) is 23.3 Å². The van der Waals surface area contributed by atoms with Crippen molar-refractivity contribution in [1.82, 2.24) is 9.97 Å². The van der Waals surface area contributed by atoms with E-state index in [-0.39, 0.29) is 24.7 Å². The van der Waals surface area contributed by atoms with E-state index in [9.17, 15) is 14.7 Å². The highest BCUT2D eigenvalue weighted by atomic mass is 16.4. The van der Waals surface area contributed by atoms with Gasteiger partial charge in [0.2, 0.25) is 5.91 Å². The van der Waals surface area contributed by atoms with Gasteiger partial charge in [0.15, 0.2) is 0 Å². The van der Waals surface area contributed by atoms with Crippen LogP contribution < -0.4 is 10.2 Å². The van der Waals surface area contributed by atoms with E-state index in [0.717, 1.165) is 29.9 Å². The van der Waals surface area contributed by atoms with E-state index >= 15 is 0 Å². The van der Waals surface area contributed by atoms with Crippen LogP contribution in [-0.2, 0) is 16.0 Å². The Kier molecular flexibility index (Phi) is 9.17. The number of hydrogen-bond donors (Lipinski definition) is 2. The fourth-order valence-corrected chi connectivity index (χ4v) is 3.66. The molecule has 1 aromatic carbocycles. The quantitative estimate of drug-likeness (QED) is 0.527. The van der Waals surface area contributed by atoms with Crippen LogP contribution in [0.2, 0.25) is 0 Å². The topological polar surface area (TPSA) is 95.4 Å². The largest absolute Gasteiger partial charge is 0.481 e. The van der Waals surface area contributed by atoms with Gasteiger partial charge in [-0.05, 0) is 47.9 Å². The third-order valence-electron chi connectivity index (χ3n) is 5.06. The number of hydrogen-bond acceptors (Lipinski definition) is 5. The molecule has 1 amide bonds. The number of aliphatic carboxylic acids is 1. The predicted molar refractivity (Wildman–Crippen MR) is 128 cm³/mol. The summed E-state index contributed by atoms with van der Waals surface area (Å²) in [5.74, 6) is 0.407. The number of carboxylic acid groups (broad SMARTS) is 1. The minimum absolute atomic E-state index is 0.0368. The Morgan fingerprint density at radius 3 is 2.16 bits per heavy atom. The zero-order valence-corrected chi connectivity index (χ0v) is 20.1. The Morgan fingerprint density at radius 1 is 1.03 bits per heavy atom. The molecule has 0 aliphatic heterocycles. The standard InChI is InChI=1S/C25H36N4O3/c1-16(2)14-29(15-17(3)4)23-8-7-21(18(5)9-25(31)32)11-22(23)28-24(30)10-20-12-26-19(6)27-13-20/h7-8,11-13,16-18H,9-10,14-15H2,1-6H3,(H,28,30)(H,31,32)/t18-/m1/s1. The summed E-state index contributed by atoms with van der Waals surface area (Å²) in [5, 5.41) is 12.3. The molecule has 0 aliphatic carbocycles. The summed E-state index contributed by atoms with van der Waals surface area (Å²) in [6.45, 7) is 14.1. The zero-order chi connectivity index (χ0) is 23.8. The number of nitrogens with zero attached hydrogens (tertiary/aromatic N) is 3. The molecule has 0 radical (unpaired) electrons. The summed E-state index contributed by atoms with van der Waals surface area (Å²) in [7, 11) is 0. The lowest BCUT2D eigenvalue weighted by Crippen LogP contribution is -2.32. The molecular formula is C25H36N4O3. The van der Waals surface area contributed by atoms with Crippen LogP contribution in [0.1, 0.15) is 63.9 Å². The highest BCUT2D eigenvalue weighted by molar-refractivity contribution is 5.95. The zero-order valence-electron chi connectivity index (χ0n) is 20.1. The monoisotopic (exact) mass is 440 g/mol. The summed E-state index contributed by atoms with van der Waals surface area (Å²) in [6.07, 6.45) is 3.54. The summed E-state index contributed by atoms with van der Waals surface area (Å²) in [5.41, 5.74) is 3.29. The number of anilines is 2. The molecule has 0 spiro atoms. The van der Waals surface area contributed by atoms with E-state index in [1.807, 2.05) is 25.1 Å². The number of carbonyl (C=O) groups is 2. The summed E-state index contributed by atoms with van der Waals surface area (Å²) >= 11 is 0. The van der Waals surface area contributed by atoms with E-state index < -0.39 is 5.97 Å². The second-order valence-electron chi connectivity index (χ2n) is 9.33. The number of aryl methyl sites for hydroxylation is 1. The third kappa shape index (κ3) is 7.94. The number of amides is 1. The van der Waals surface area contributed by atoms with Crippen LogP contribution in [0.4, 0.5) is 11.4 Å².